The first kappa shape index (κ1) is 16.7. The van der Waals surface area contributed by atoms with Gasteiger partial charge < -0.3 is 10.0 Å². The topological polar surface area (TPSA) is 57.6 Å². The number of hydrogen-bond acceptors (Lipinski definition) is 2. The molecule has 104 valence electrons. The summed E-state index contributed by atoms with van der Waals surface area (Å²) in [6.45, 7) is 7.61. The van der Waals surface area contributed by atoms with Gasteiger partial charge in [-0.1, -0.05) is 32.8 Å². The summed E-state index contributed by atoms with van der Waals surface area (Å²) in [6.07, 6.45) is 5.32. The summed E-state index contributed by atoms with van der Waals surface area (Å²) in [7, 11) is 1.57. The summed E-state index contributed by atoms with van der Waals surface area (Å²) in [5.74, 6) is -1.10. The fraction of sp³-hybridized carbons (Fsp3) is 0.714. The van der Waals surface area contributed by atoms with Crippen LogP contribution < -0.4 is 0 Å². The highest BCUT2D eigenvalue weighted by molar-refractivity contribution is 5.85. The summed E-state index contributed by atoms with van der Waals surface area (Å²) in [6, 6.07) is -0.800. The molecule has 0 aliphatic heterocycles. The Labute approximate surface area is 110 Å². The number of likely N-dealkylation sites (N-methyl/N-ethyl adjacent to an activating group) is 1. The number of carboxylic acids is 1. The first-order chi connectivity index (χ1) is 8.49. The second-order valence-corrected chi connectivity index (χ2v) is 4.60. The fourth-order valence-corrected chi connectivity index (χ4v) is 2.11. The van der Waals surface area contributed by atoms with Gasteiger partial charge in [0.2, 0.25) is 5.91 Å². The Morgan fingerprint density at radius 1 is 1.28 bits per heavy atom. The summed E-state index contributed by atoms with van der Waals surface area (Å²) in [5.41, 5.74) is 0. The summed E-state index contributed by atoms with van der Waals surface area (Å²) >= 11 is 0. The Balaban J connectivity index is 4.78. The molecule has 1 atom stereocenters. The van der Waals surface area contributed by atoms with E-state index in [1.54, 1.807) is 7.05 Å². The zero-order chi connectivity index (χ0) is 14.1. The Morgan fingerprint density at radius 2 is 1.78 bits per heavy atom. The lowest BCUT2D eigenvalue weighted by molar-refractivity contribution is -0.150. The number of carboxylic acid groups (broad SMARTS) is 1. The molecule has 4 nitrogen and oxygen atoms in total. The van der Waals surface area contributed by atoms with E-state index in [1.807, 2.05) is 13.8 Å². The van der Waals surface area contributed by atoms with Crippen molar-refractivity contribution in [2.24, 2.45) is 5.92 Å². The van der Waals surface area contributed by atoms with Crippen LogP contribution in [0.4, 0.5) is 0 Å². The number of nitrogens with zero attached hydrogens (tertiary/aromatic N) is 1. The standard InChI is InChI=1S/C14H25NO3/c1-5-8-11(9-6-2)13(16)15(4)12(10-7-3)14(17)18/h7,11-12H,3,5-6,8-10H2,1-2,4H3,(H,17,18)/t12-/m0/s1. The second-order valence-electron chi connectivity index (χ2n) is 4.60. The van der Waals surface area contributed by atoms with Crippen LogP contribution in [0, 0.1) is 5.92 Å². The lowest BCUT2D eigenvalue weighted by Gasteiger charge is -2.28. The van der Waals surface area contributed by atoms with Gasteiger partial charge in [0.15, 0.2) is 0 Å². The highest BCUT2D eigenvalue weighted by Gasteiger charge is 2.29. The molecule has 0 aliphatic carbocycles. The van der Waals surface area contributed by atoms with E-state index in [9.17, 15) is 9.59 Å². The van der Waals surface area contributed by atoms with E-state index >= 15 is 0 Å². The van der Waals surface area contributed by atoms with Gasteiger partial charge in [-0.05, 0) is 19.3 Å². The molecule has 1 N–H and O–H groups in total. The van der Waals surface area contributed by atoms with Gasteiger partial charge in [-0.15, -0.1) is 6.58 Å². The van der Waals surface area contributed by atoms with Gasteiger partial charge in [0.25, 0.3) is 0 Å². The quantitative estimate of drug-likeness (QED) is 0.644. The van der Waals surface area contributed by atoms with Crippen molar-refractivity contribution in [1.82, 2.24) is 4.90 Å². The van der Waals surface area contributed by atoms with E-state index in [2.05, 4.69) is 6.58 Å². The molecule has 0 saturated heterocycles. The predicted molar refractivity (Wildman–Crippen MR) is 72.3 cm³/mol. The molecule has 0 unspecified atom stereocenters. The third-order valence-electron chi connectivity index (χ3n) is 3.11. The Bertz CT molecular complexity index is 283. The average Bonchev–Trinajstić information content (AvgIpc) is 2.33. The summed E-state index contributed by atoms with van der Waals surface area (Å²) in [4.78, 5) is 24.8. The molecule has 1 amide bonds. The maximum atomic E-state index is 12.3. The molecule has 0 aromatic rings. The van der Waals surface area contributed by atoms with Crippen molar-refractivity contribution in [2.45, 2.75) is 52.0 Å². The van der Waals surface area contributed by atoms with E-state index in [1.165, 1.54) is 11.0 Å². The van der Waals surface area contributed by atoms with Crippen LogP contribution in [0.2, 0.25) is 0 Å². The largest absolute Gasteiger partial charge is 0.480 e. The van der Waals surface area contributed by atoms with Gasteiger partial charge in [0, 0.05) is 13.0 Å². The molecular formula is C14H25NO3. The van der Waals surface area contributed by atoms with Crippen molar-refractivity contribution in [3.63, 3.8) is 0 Å². The predicted octanol–water partition coefficient (Wildman–Crippen LogP) is 2.69. The minimum absolute atomic E-state index is 0.0586. The van der Waals surface area contributed by atoms with Crippen LogP contribution in [0.5, 0.6) is 0 Å². The van der Waals surface area contributed by atoms with Crippen molar-refractivity contribution in [3.05, 3.63) is 12.7 Å². The van der Waals surface area contributed by atoms with E-state index in [0.29, 0.717) is 0 Å². The van der Waals surface area contributed by atoms with E-state index in [0.717, 1.165) is 25.7 Å². The monoisotopic (exact) mass is 255 g/mol. The third-order valence-corrected chi connectivity index (χ3v) is 3.11. The Kier molecular flexibility index (Phi) is 8.08. The van der Waals surface area contributed by atoms with E-state index < -0.39 is 12.0 Å². The summed E-state index contributed by atoms with van der Waals surface area (Å²) < 4.78 is 0. The van der Waals surface area contributed by atoms with E-state index in [4.69, 9.17) is 5.11 Å². The zero-order valence-electron chi connectivity index (χ0n) is 11.7. The normalized spacial score (nSPS) is 12.2. The number of amides is 1. The third kappa shape index (κ3) is 4.90. The number of rotatable bonds is 9. The van der Waals surface area contributed by atoms with Crippen LogP contribution in [-0.2, 0) is 9.59 Å². The molecule has 0 bridgehead atoms. The number of carbonyl (C=O) groups excluding carboxylic acids is 1. The molecule has 0 aromatic heterocycles. The maximum Gasteiger partial charge on any atom is 0.326 e. The highest BCUT2D eigenvalue weighted by atomic mass is 16.4. The number of carbonyl (C=O) groups is 2. The van der Waals surface area contributed by atoms with Crippen molar-refractivity contribution >= 4 is 11.9 Å². The minimum atomic E-state index is -0.975. The van der Waals surface area contributed by atoms with Gasteiger partial charge in [-0.2, -0.15) is 0 Å². The van der Waals surface area contributed by atoms with Crippen LogP contribution >= 0.6 is 0 Å². The van der Waals surface area contributed by atoms with Crippen LogP contribution in [-0.4, -0.2) is 35.0 Å². The maximum absolute atomic E-state index is 12.3. The van der Waals surface area contributed by atoms with Crippen LogP contribution in [0.15, 0.2) is 12.7 Å². The lowest BCUT2D eigenvalue weighted by Crippen LogP contribution is -2.44. The van der Waals surface area contributed by atoms with Gasteiger partial charge in [-0.3, -0.25) is 4.79 Å². The zero-order valence-corrected chi connectivity index (χ0v) is 11.7. The first-order valence-corrected chi connectivity index (χ1v) is 6.59. The van der Waals surface area contributed by atoms with Crippen LogP contribution in [0.3, 0.4) is 0 Å². The van der Waals surface area contributed by atoms with Crippen LogP contribution in [0.1, 0.15) is 46.0 Å². The average molecular weight is 255 g/mol. The Morgan fingerprint density at radius 3 is 2.11 bits per heavy atom. The molecule has 0 spiro atoms. The molecule has 18 heavy (non-hydrogen) atoms. The molecule has 0 aliphatic rings. The van der Waals surface area contributed by atoms with Crippen molar-refractivity contribution in [2.75, 3.05) is 7.05 Å². The first-order valence-electron chi connectivity index (χ1n) is 6.59. The Hall–Kier alpha value is -1.32. The highest BCUT2D eigenvalue weighted by Crippen LogP contribution is 2.18. The lowest BCUT2D eigenvalue weighted by atomic mass is 9.96. The van der Waals surface area contributed by atoms with Crippen molar-refractivity contribution in [1.29, 1.82) is 0 Å². The smallest absolute Gasteiger partial charge is 0.326 e. The molecule has 0 fully saturated rings. The SMILES string of the molecule is C=CC[C@@H](C(=O)O)N(C)C(=O)C(CCC)CCC. The molecule has 0 saturated carbocycles. The molecule has 0 radical (unpaired) electrons. The second kappa shape index (κ2) is 8.72. The number of hydrogen-bond donors (Lipinski definition) is 1. The molecule has 0 rings (SSSR count). The molecule has 0 aromatic carbocycles. The van der Waals surface area contributed by atoms with E-state index in [-0.39, 0.29) is 18.2 Å². The van der Waals surface area contributed by atoms with Gasteiger partial charge >= 0.3 is 5.97 Å². The van der Waals surface area contributed by atoms with Crippen molar-refractivity contribution in [3.8, 4) is 0 Å². The van der Waals surface area contributed by atoms with Gasteiger partial charge in [-0.25, -0.2) is 4.79 Å². The fourth-order valence-electron chi connectivity index (χ4n) is 2.11. The molecule has 0 heterocycles. The van der Waals surface area contributed by atoms with Gasteiger partial charge in [0.05, 0.1) is 0 Å². The molecular weight excluding hydrogens is 230 g/mol. The van der Waals surface area contributed by atoms with Gasteiger partial charge in [0.1, 0.15) is 6.04 Å². The minimum Gasteiger partial charge on any atom is -0.480 e. The molecule has 4 heteroatoms. The number of aliphatic carboxylic acids is 1. The summed E-state index contributed by atoms with van der Waals surface area (Å²) in [5, 5.41) is 9.12. The van der Waals surface area contributed by atoms with Crippen LogP contribution in [0.25, 0.3) is 0 Å². The van der Waals surface area contributed by atoms with Crippen molar-refractivity contribution < 1.29 is 14.7 Å².